The molecule has 2 N–H and O–H groups in total. The summed E-state index contributed by atoms with van der Waals surface area (Å²) in [6.45, 7) is 4.39. The van der Waals surface area contributed by atoms with E-state index in [1.54, 1.807) is 17.5 Å². The molecule has 1 aliphatic rings. The molecule has 0 saturated carbocycles. The van der Waals surface area contributed by atoms with Crippen molar-refractivity contribution in [3.63, 3.8) is 0 Å². The number of anilines is 1. The van der Waals surface area contributed by atoms with E-state index < -0.39 is 0 Å². The van der Waals surface area contributed by atoms with Crippen LogP contribution in [0.5, 0.6) is 0 Å². The molecule has 4 heterocycles. The summed E-state index contributed by atoms with van der Waals surface area (Å²) < 4.78 is 0. The number of rotatable bonds is 5. The lowest BCUT2D eigenvalue weighted by atomic mass is 9.99. The predicted molar refractivity (Wildman–Crippen MR) is 106 cm³/mol. The van der Waals surface area contributed by atoms with E-state index in [-0.39, 0.29) is 5.91 Å². The fourth-order valence-electron chi connectivity index (χ4n) is 3.08. The van der Waals surface area contributed by atoms with Crippen LogP contribution in [0.25, 0.3) is 10.7 Å². The molecule has 3 aromatic rings. The minimum Gasteiger partial charge on any atom is -0.363 e. The highest BCUT2D eigenvalue weighted by Gasteiger charge is 2.21. The normalized spacial score (nSPS) is 15.1. The van der Waals surface area contributed by atoms with Crippen LogP contribution in [0.1, 0.15) is 35.9 Å². The first-order valence-corrected chi connectivity index (χ1v) is 10.0. The van der Waals surface area contributed by atoms with Crippen molar-refractivity contribution < 1.29 is 4.79 Å². The van der Waals surface area contributed by atoms with Crippen molar-refractivity contribution in [2.75, 3.05) is 18.4 Å². The minimum absolute atomic E-state index is 0.0665. The summed E-state index contributed by atoms with van der Waals surface area (Å²) in [4.78, 5) is 24.3. The second kappa shape index (κ2) is 7.87. The number of hydrogen-bond donors (Lipinski definition) is 2. The highest BCUT2D eigenvalue weighted by atomic mass is 32.1. The van der Waals surface area contributed by atoms with Gasteiger partial charge in [-0.3, -0.25) is 9.89 Å². The lowest BCUT2D eigenvalue weighted by Crippen LogP contribution is -2.37. The van der Waals surface area contributed by atoms with Gasteiger partial charge in [-0.2, -0.15) is 5.10 Å². The number of aromatic amines is 1. The molecule has 3 aromatic heterocycles. The Morgan fingerprint density at radius 3 is 2.89 bits per heavy atom. The van der Waals surface area contributed by atoms with Crippen LogP contribution in [0, 0.1) is 5.92 Å². The highest BCUT2D eigenvalue weighted by Crippen LogP contribution is 2.21. The first-order valence-electron chi connectivity index (χ1n) is 9.13. The van der Waals surface area contributed by atoms with Crippen LogP contribution >= 0.6 is 11.3 Å². The number of nitrogens with zero attached hydrogens (tertiary/aromatic N) is 4. The van der Waals surface area contributed by atoms with Gasteiger partial charge >= 0.3 is 0 Å². The molecule has 0 radical (unpaired) electrons. The van der Waals surface area contributed by atoms with Crippen molar-refractivity contribution in [3.8, 4) is 10.7 Å². The smallest absolute Gasteiger partial charge is 0.255 e. The second-order valence-electron chi connectivity index (χ2n) is 6.84. The Balaban J connectivity index is 1.33. The summed E-state index contributed by atoms with van der Waals surface area (Å²) >= 11 is 1.61. The van der Waals surface area contributed by atoms with Gasteiger partial charge in [0.05, 0.1) is 17.0 Å². The summed E-state index contributed by atoms with van der Waals surface area (Å²) in [5, 5.41) is 12.4. The topological polar surface area (TPSA) is 86.8 Å². The van der Waals surface area contributed by atoms with Gasteiger partial charge in [0.25, 0.3) is 5.91 Å². The van der Waals surface area contributed by atoms with Crippen molar-refractivity contribution in [2.45, 2.75) is 26.3 Å². The number of thiophene rings is 1. The van der Waals surface area contributed by atoms with E-state index in [2.05, 4.69) is 32.4 Å². The maximum Gasteiger partial charge on any atom is 0.255 e. The average Bonchev–Trinajstić information content (AvgIpc) is 3.38. The van der Waals surface area contributed by atoms with Crippen molar-refractivity contribution >= 4 is 23.1 Å². The molecular formula is C19H22N6OS. The molecule has 0 aromatic carbocycles. The Labute approximate surface area is 161 Å². The molecule has 1 fully saturated rings. The Morgan fingerprint density at radius 1 is 1.33 bits per heavy atom. The molecule has 1 amide bonds. The molecule has 0 unspecified atom stereocenters. The zero-order chi connectivity index (χ0) is 18.6. The SMILES string of the molecule is CC1CCN(C(=O)c2ccc(NCc3nc(-c4cccs4)n[nH]3)nc2)CC1. The number of carbonyl (C=O) groups is 1. The van der Waals surface area contributed by atoms with Gasteiger partial charge in [0.2, 0.25) is 0 Å². The van der Waals surface area contributed by atoms with E-state index in [1.807, 2.05) is 34.5 Å². The molecule has 8 heteroatoms. The first-order chi connectivity index (χ1) is 13.2. The van der Waals surface area contributed by atoms with Crippen LogP contribution < -0.4 is 5.32 Å². The molecule has 0 bridgehead atoms. The van der Waals surface area contributed by atoms with Crippen LogP contribution in [0.3, 0.4) is 0 Å². The fourth-order valence-corrected chi connectivity index (χ4v) is 3.74. The lowest BCUT2D eigenvalue weighted by molar-refractivity contribution is 0.0697. The maximum absolute atomic E-state index is 12.6. The third-order valence-electron chi connectivity index (χ3n) is 4.79. The molecule has 0 spiro atoms. The minimum atomic E-state index is 0.0665. The molecular weight excluding hydrogens is 360 g/mol. The van der Waals surface area contributed by atoms with Gasteiger partial charge in [0.15, 0.2) is 5.82 Å². The largest absolute Gasteiger partial charge is 0.363 e. The van der Waals surface area contributed by atoms with E-state index in [0.717, 1.165) is 36.6 Å². The molecule has 1 saturated heterocycles. The number of aromatic nitrogens is 4. The molecule has 140 valence electrons. The average molecular weight is 382 g/mol. The lowest BCUT2D eigenvalue weighted by Gasteiger charge is -2.30. The number of pyridine rings is 1. The van der Waals surface area contributed by atoms with Gasteiger partial charge in [0.1, 0.15) is 11.6 Å². The maximum atomic E-state index is 12.6. The Morgan fingerprint density at radius 2 is 2.19 bits per heavy atom. The van der Waals surface area contributed by atoms with Crippen LogP contribution in [0.4, 0.5) is 5.82 Å². The van der Waals surface area contributed by atoms with E-state index in [9.17, 15) is 4.79 Å². The van der Waals surface area contributed by atoms with Gasteiger partial charge < -0.3 is 10.2 Å². The second-order valence-corrected chi connectivity index (χ2v) is 7.79. The number of piperidine rings is 1. The number of H-pyrrole nitrogens is 1. The van der Waals surface area contributed by atoms with Gasteiger partial charge in [-0.15, -0.1) is 11.3 Å². The summed E-state index contributed by atoms with van der Waals surface area (Å²) in [6.07, 6.45) is 3.78. The number of hydrogen-bond acceptors (Lipinski definition) is 6. The molecule has 0 aliphatic carbocycles. The van der Waals surface area contributed by atoms with E-state index in [4.69, 9.17) is 0 Å². The van der Waals surface area contributed by atoms with Crippen molar-refractivity contribution in [3.05, 3.63) is 47.2 Å². The number of likely N-dealkylation sites (tertiary alicyclic amines) is 1. The number of carbonyl (C=O) groups excluding carboxylic acids is 1. The Kier molecular flexibility index (Phi) is 5.15. The zero-order valence-corrected chi connectivity index (χ0v) is 16.0. The summed E-state index contributed by atoms with van der Waals surface area (Å²) in [5.74, 6) is 2.91. The third-order valence-corrected chi connectivity index (χ3v) is 5.66. The molecule has 7 nitrogen and oxygen atoms in total. The van der Waals surface area contributed by atoms with Crippen molar-refractivity contribution in [1.82, 2.24) is 25.1 Å². The molecule has 0 atom stereocenters. The monoisotopic (exact) mass is 382 g/mol. The van der Waals surface area contributed by atoms with E-state index in [1.165, 1.54) is 0 Å². The zero-order valence-electron chi connectivity index (χ0n) is 15.2. The molecule has 27 heavy (non-hydrogen) atoms. The van der Waals surface area contributed by atoms with E-state index >= 15 is 0 Å². The van der Waals surface area contributed by atoms with Crippen molar-refractivity contribution in [1.29, 1.82) is 0 Å². The quantitative estimate of drug-likeness (QED) is 0.706. The van der Waals surface area contributed by atoms with Crippen molar-refractivity contribution in [2.24, 2.45) is 5.92 Å². The fraction of sp³-hybridized carbons (Fsp3) is 0.368. The summed E-state index contributed by atoms with van der Waals surface area (Å²) in [7, 11) is 0. The highest BCUT2D eigenvalue weighted by molar-refractivity contribution is 7.13. The van der Waals surface area contributed by atoms with Gasteiger partial charge in [-0.25, -0.2) is 9.97 Å². The molecule has 4 rings (SSSR count). The summed E-state index contributed by atoms with van der Waals surface area (Å²) in [6, 6.07) is 7.63. The molecule has 1 aliphatic heterocycles. The Hall–Kier alpha value is -2.74. The van der Waals surface area contributed by atoms with Gasteiger partial charge in [-0.05, 0) is 42.3 Å². The van der Waals surface area contributed by atoms with Crippen LogP contribution in [-0.4, -0.2) is 44.1 Å². The van der Waals surface area contributed by atoms with Crippen LogP contribution in [0.15, 0.2) is 35.8 Å². The predicted octanol–water partition coefficient (Wildman–Crippen LogP) is 3.41. The number of nitrogens with one attached hydrogen (secondary N) is 2. The van der Waals surface area contributed by atoms with Crippen LogP contribution in [-0.2, 0) is 6.54 Å². The van der Waals surface area contributed by atoms with Crippen LogP contribution in [0.2, 0.25) is 0 Å². The first kappa shape index (κ1) is 17.7. The Bertz CT molecular complexity index is 881. The summed E-state index contributed by atoms with van der Waals surface area (Å²) in [5.41, 5.74) is 0.634. The van der Waals surface area contributed by atoms with E-state index in [0.29, 0.717) is 29.7 Å². The number of amides is 1. The third kappa shape index (κ3) is 4.16. The standard InChI is InChI=1S/C19H22N6OS/c1-13-6-8-25(9-7-13)19(26)14-4-5-16(20-11-14)21-12-17-22-18(24-23-17)15-3-2-10-27-15/h2-5,10-11,13H,6-9,12H2,1H3,(H,20,21)(H,22,23,24). The van der Waals surface area contributed by atoms with Gasteiger partial charge in [0, 0.05) is 19.3 Å². The van der Waals surface area contributed by atoms with Gasteiger partial charge in [-0.1, -0.05) is 13.0 Å².